The quantitative estimate of drug-likeness (QED) is 0.436. The lowest BCUT2D eigenvalue weighted by Gasteiger charge is -2.38. The Bertz CT molecular complexity index is 1370. The van der Waals surface area contributed by atoms with Crippen molar-refractivity contribution < 1.29 is 13.9 Å². The largest absolute Gasteiger partial charge is 0.470 e. The van der Waals surface area contributed by atoms with Crippen LogP contribution in [0.2, 0.25) is 0 Å². The normalized spacial score (nSPS) is 21.4. The van der Waals surface area contributed by atoms with Crippen LogP contribution >= 0.6 is 0 Å². The summed E-state index contributed by atoms with van der Waals surface area (Å²) in [6.07, 6.45) is 1.52. The highest BCUT2D eigenvalue weighted by Crippen LogP contribution is 2.37. The Balaban J connectivity index is 1.36. The first-order valence-corrected chi connectivity index (χ1v) is 11.7. The Kier molecular flexibility index (Phi) is 5.74. The van der Waals surface area contributed by atoms with Crippen LogP contribution in [-0.4, -0.2) is 60.9 Å². The molecule has 0 unspecified atom stereocenters. The third kappa shape index (κ3) is 4.24. The fraction of sp³-hybridized carbons (Fsp3) is 0.375. The maximum Gasteiger partial charge on any atom is 0.337 e. The van der Waals surface area contributed by atoms with Crippen molar-refractivity contribution in [1.29, 1.82) is 5.26 Å². The topological polar surface area (TPSA) is 117 Å². The number of esters is 1. The van der Waals surface area contributed by atoms with Crippen LogP contribution in [0.5, 0.6) is 0 Å². The Morgan fingerprint density at radius 3 is 2.83 bits per heavy atom. The van der Waals surface area contributed by atoms with E-state index in [1.165, 1.54) is 6.20 Å². The number of nitrogens with one attached hydrogen (secondary N) is 1. The monoisotopic (exact) mass is 468 g/mol. The predicted molar refractivity (Wildman–Crippen MR) is 133 cm³/mol. The summed E-state index contributed by atoms with van der Waals surface area (Å²) in [7, 11) is 3.88. The molecule has 1 aromatic carbocycles. The molecular weight excluding hydrogens is 442 g/mol. The number of nitriles is 1. The second-order valence-electron chi connectivity index (χ2n) is 9.91. The Morgan fingerprint density at radius 1 is 1.29 bits per heavy atom. The molecule has 2 aliphatic rings. The summed E-state index contributed by atoms with van der Waals surface area (Å²) in [5.74, 6) is 0.599. The number of aromatic nitrogens is 3. The van der Waals surface area contributed by atoms with E-state index in [1.807, 2.05) is 34.7 Å². The number of nitrogens with zero attached hydrogens (tertiary/aromatic N) is 5. The van der Waals surface area contributed by atoms with Crippen LogP contribution in [0.3, 0.4) is 0 Å². The number of piperazine rings is 1. The van der Waals surface area contributed by atoms with Gasteiger partial charge in [0.1, 0.15) is 11.8 Å². The number of hydrogen-bond acceptors (Lipinski definition) is 9. The number of fused-ring (bicyclic) bond motifs is 1. The molecule has 2 atom stereocenters. The summed E-state index contributed by atoms with van der Waals surface area (Å²) < 4.78 is 11.5. The molecule has 5 rings (SSSR count). The number of carbonyl (C=O) groups is 1. The van der Waals surface area contributed by atoms with Crippen molar-refractivity contribution in [3.05, 3.63) is 63.7 Å². The average molecular weight is 468 g/mol. The molecule has 3 aromatic rings. The summed E-state index contributed by atoms with van der Waals surface area (Å²) in [5, 5.41) is 20.6. The molecule has 1 N–H and O–H groups in total. The van der Waals surface area contributed by atoms with Crippen LogP contribution in [0, 0.1) is 25.2 Å². The van der Waals surface area contributed by atoms with E-state index < -0.39 is 5.40 Å². The van der Waals surface area contributed by atoms with Crippen LogP contribution in [0.1, 0.15) is 57.0 Å². The van der Waals surface area contributed by atoms with Crippen molar-refractivity contribution in [2.45, 2.75) is 44.8 Å². The van der Waals surface area contributed by atoms with Crippen LogP contribution < -0.4 is 5.32 Å². The first kappa shape index (κ1) is 23.3. The van der Waals surface area contributed by atoms with Gasteiger partial charge in [-0.15, -0.1) is 10.2 Å². The number of ether oxygens (including phenoxy) is 1. The second-order valence-corrected chi connectivity index (χ2v) is 9.91. The van der Waals surface area contributed by atoms with E-state index >= 15 is 0 Å². The Hall–Kier alpha value is -3.48. The molecule has 35 heavy (non-hydrogen) atoms. The zero-order chi connectivity index (χ0) is 24.9. The SMILES string of the molecule is BC1(B)OC(=O)c2ccc([C@@H]3CN(Cc4nnc(-c5cc(C)c(C#N)cn5)o4)C[C@H](C)N3)c(C)c21. The molecule has 4 heterocycles. The molecule has 0 aliphatic carbocycles. The van der Waals surface area contributed by atoms with E-state index in [1.54, 1.807) is 6.07 Å². The first-order valence-electron chi connectivity index (χ1n) is 11.7. The molecule has 1 fully saturated rings. The molecule has 1 saturated heterocycles. The minimum atomic E-state index is -0.634. The van der Waals surface area contributed by atoms with Gasteiger partial charge in [0.15, 0.2) is 15.7 Å². The first-order chi connectivity index (χ1) is 16.7. The lowest BCUT2D eigenvalue weighted by atomic mass is 9.60. The standard InChI is InChI=1S/C24H26B2N6O3/c1-12-6-18(28-8-15(12)7-27)22-31-30-20(34-22)11-32-9-13(2)29-19(10-32)16-4-5-17-21(14(16)3)24(25,26)35-23(17)33/h4-6,8,13,19,29H,9-11,25-26H2,1-3H3/t13-,19-/m0/s1. The van der Waals surface area contributed by atoms with Crippen LogP contribution in [0.4, 0.5) is 0 Å². The van der Waals surface area contributed by atoms with Gasteiger partial charge in [0, 0.05) is 31.4 Å². The zero-order valence-electron chi connectivity index (χ0n) is 20.5. The van der Waals surface area contributed by atoms with Crippen LogP contribution in [-0.2, 0) is 16.7 Å². The van der Waals surface area contributed by atoms with Crippen molar-refractivity contribution in [3.8, 4) is 17.7 Å². The third-order valence-electron chi connectivity index (χ3n) is 6.79. The minimum absolute atomic E-state index is 0.0841. The second kappa shape index (κ2) is 8.63. The molecule has 0 amide bonds. The third-order valence-corrected chi connectivity index (χ3v) is 6.79. The van der Waals surface area contributed by atoms with Crippen molar-refractivity contribution in [1.82, 2.24) is 25.4 Å². The number of benzene rings is 1. The highest BCUT2D eigenvalue weighted by Gasteiger charge is 2.40. The van der Waals surface area contributed by atoms with E-state index in [2.05, 4.69) is 45.3 Å². The highest BCUT2D eigenvalue weighted by atomic mass is 16.6. The minimum Gasteiger partial charge on any atom is -0.470 e. The molecule has 2 aromatic heterocycles. The summed E-state index contributed by atoms with van der Waals surface area (Å²) in [6.45, 7) is 8.18. The summed E-state index contributed by atoms with van der Waals surface area (Å²) in [6, 6.07) is 8.15. The number of carbonyl (C=O) groups excluding carboxylic acids is 1. The maximum absolute atomic E-state index is 12.3. The summed E-state index contributed by atoms with van der Waals surface area (Å²) >= 11 is 0. The van der Waals surface area contributed by atoms with Gasteiger partial charge in [0.25, 0.3) is 5.89 Å². The van der Waals surface area contributed by atoms with E-state index in [-0.39, 0.29) is 18.1 Å². The average Bonchev–Trinajstić information content (AvgIpc) is 3.35. The number of cyclic esters (lactones) is 1. The van der Waals surface area contributed by atoms with Gasteiger partial charge in [-0.3, -0.25) is 4.90 Å². The van der Waals surface area contributed by atoms with Gasteiger partial charge in [-0.2, -0.15) is 5.26 Å². The maximum atomic E-state index is 12.3. The molecule has 0 radical (unpaired) electrons. The molecular formula is C24H26B2N6O3. The number of aryl methyl sites for hydroxylation is 1. The molecule has 11 heteroatoms. The number of pyridine rings is 1. The van der Waals surface area contributed by atoms with Crippen molar-refractivity contribution in [2.75, 3.05) is 13.1 Å². The van der Waals surface area contributed by atoms with Gasteiger partial charge in [0.05, 0.1) is 23.1 Å². The molecule has 0 bridgehead atoms. The fourth-order valence-electron chi connectivity index (χ4n) is 5.28. The van der Waals surface area contributed by atoms with Gasteiger partial charge in [0.2, 0.25) is 5.89 Å². The van der Waals surface area contributed by atoms with Gasteiger partial charge in [-0.1, -0.05) is 6.07 Å². The fourth-order valence-corrected chi connectivity index (χ4v) is 5.28. The van der Waals surface area contributed by atoms with Crippen molar-refractivity contribution >= 4 is 21.7 Å². The zero-order valence-corrected chi connectivity index (χ0v) is 20.5. The van der Waals surface area contributed by atoms with Crippen molar-refractivity contribution in [3.63, 3.8) is 0 Å². The molecule has 0 spiro atoms. The van der Waals surface area contributed by atoms with E-state index in [0.29, 0.717) is 35.1 Å². The van der Waals surface area contributed by atoms with Gasteiger partial charge < -0.3 is 14.5 Å². The molecule has 2 aliphatic heterocycles. The van der Waals surface area contributed by atoms with E-state index in [0.717, 1.165) is 35.3 Å². The number of rotatable bonds is 4. The van der Waals surface area contributed by atoms with E-state index in [9.17, 15) is 4.79 Å². The lowest BCUT2D eigenvalue weighted by Crippen LogP contribution is -2.50. The highest BCUT2D eigenvalue weighted by molar-refractivity contribution is 6.41. The molecule has 176 valence electrons. The number of hydrogen-bond donors (Lipinski definition) is 1. The van der Waals surface area contributed by atoms with Crippen molar-refractivity contribution in [2.24, 2.45) is 0 Å². The smallest absolute Gasteiger partial charge is 0.337 e. The van der Waals surface area contributed by atoms with Gasteiger partial charge in [-0.05, 0) is 55.2 Å². The van der Waals surface area contributed by atoms with E-state index in [4.69, 9.17) is 14.4 Å². The molecule has 0 saturated carbocycles. The predicted octanol–water partition coefficient (Wildman–Crippen LogP) is 0.702. The van der Waals surface area contributed by atoms with Crippen LogP contribution in [0.15, 0.2) is 28.8 Å². The lowest BCUT2D eigenvalue weighted by molar-refractivity contribution is 0.0444. The van der Waals surface area contributed by atoms with Crippen LogP contribution in [0.25, 0.3) is 11.6 Å². The Labute approximate surface area is 205 Å². The molecule has 9 nitrogen and oxygen atoms in total. The summed E-state index contributed by atoms with van der Waals surface area (Å²) in [5.41, 5.74) is 5.77. The van der Waals surface area contributed by atoms with Gasteiger partial charge >= 0.3 is 5.97 Å². The summed E-state index contributed by atoms with van der Waals surface area (Å²) in [4.78, 5) is 18.9. The Morgan fingerprint density at radius 2 is 2.09 bits per heavy atom. The van der Waals surface area contributed by atoms with Gasteiger partial charge in [-0.25, -0.2) is 9.78 Å².